The van der Waals surface area contributed by atoms with Gasteiger partial charge in [-0.2, -0.15) is 0 Å². The lowest BCUT2D eigenvalue weighted by atomic mass is 9.86. The van der Waals surface area contributed by atoms with Crippen LogP contribution in [0.5, 0.6) is 0 Å². The number of hydrogen-bond acceptors (Lipinski definition) is 2. The van der Waals surface area contributed by atoms with E-state index in [-0.39, 0.29) is 12.0 Å². The summed E-state index contributed by atoms with van der Waals surface area (Å²) in [4.78, 5) is 0. The maximum absolute atomic E-state index is 6.40. The van der Waals surface area contributed by atoms with Crippen LogP contribution in [0.4, 0.5) is 0 Å². The van der Waals surface area contributed by atoms with E-state index < -0.39 is 0 Å². The Morgan fingerprint density at radius 1 is 0.900 bits per heavy atom. The van der Waals surface area contributed by atoms with Crippen molar-refractivity contribution in [1.82, 2.24) is 0 Å². The fraction of sp³-hybridized carbons (Fsp3) is 0.333. The number of hydrogen-bond donors (Lipinski definition) is 1. The Balaban J connectivity index is 2.21. The summed E-state index contributed by atoms with van der Waals surface area (Å²) in [7, 11) is 0. The van der Waals surface area contributed by atoms with E-state index in [0.717, 1.165) is 13.0 Å². The Hall–Kier alpha value is -1.64. The summed E-state index contributed by atoms with van der Waals surface area (Å²) in [5.41, 5.74) is 8.88. The number of ether oxygens (including phenoxy) is 1. The second-order valence-corrected chi connectivity index (χ2v) is 5.04. The molecular formula is C18H23NO. The van der Waals surface area contributed by atoms with Crippen molar-refractivity contribution in [3.05, 3.63) is 71.8 Å². The van der Waals surface area contributed by atoms with Gasteiger partial charge in [0.2, 0.25) is 0 Å². The van der Waals surface area contributed by atoms with Gasteiger partial charge in [0, 0.05) is 18.6 Å². The zero-order chi connectivity index (χ0) is 14.2. The molecule has 20 heavy (non-hydrogen) atoms. The van der Waals surface area contributed by atoms with E-state index in [0.29, 0.717) is 6.61 Å². The minimum atomic E-state index is -0.0358. The van der Waals surface area contributed by atoms with Crippen molar-refractivity contribution >= 4 is 0 Å². The second kappa shape index (κ2) is 7.83. The van der Waals surface area contributed by atoms with Gasteiger partial charge in [-0.05, 0) is 17.5 Å². The highest BCUT2D eigenvalue weighted by Gasteiger charge is 2.21. The van der Waals surface area contributed by atoms with Crippen molar-refractivity contribution in [3.63, 3.8) is 0 Å². The Bertz CT molecular complexity index is 444. The van der Waals surface area contributed by atoms with Crippen LogP contribution in [-0.2, 0) is 4.74 Å². The number of rotatable bonds is 7. The van der Waals surface area contributed by atoms with Crippen LogP contribution < -0.4 is 5.73 Å². The molecule has 0 aliphatic rings. The first kappa shape index (κ1) is 14.8. The van der Waals surface area contributed by atoms with Crippen LogP contribution in [0.3, 0.4) is 0 Å². The first-order valence-electron chi connectivity index (χ1n) is 7.26. The molecule has 0 radical (unpaired) electrons. The lowest BCUT2D eigenvalue weighted by Gasteiger charge is -2.25. The van der Waals surface area contributed by atoms with Gasteiger partial charge in [0.25, 0.3) is 0 Å². The normalized spacial score (nSPS) is 12.6. The van der Waals surface area contributed by atoms with Crippen LogP contribution >= 0.6 is 0 Å². The SMILES string of the molecule is CCCOCC(N)C(c1ccccc1)c1ccccc1. The van der Waals surface area contributed by atoms with Gasteiger partial charge >= 0.3 is 0 Å². The Morgan fingerprint density at radius 3 is 1.85 bits per heavy atom. The first-order valence-corrected chi connectivity index (χ1v) is 7.26. The van der Waals surface area contributed by atoms with Crippen LogP contribution in [0.1, 0.15) is 30.4 Å². The van der Waals surface area contributed by atoms with E-state index in [1.807, 2.05) is 12.1 Å². The van der Waals surface area contributed by atoms with E-state index in [2.05, 4.69) is 55.5 Å². The minimum absolute atomic E-state index is 0.0358. The Labute approximate surface area is 121 Å². The van der Waals surface area contributed by atoms with Crippen molar-refractivity contribution in [1.29, 1.82) is 0 Å². The largest absolute Gasteiger partial charge is 0.380 e. The summed E-state index contributed by atoms with van der Waals surface area (Å²) in [6.45, 7) is 3.46. The Kier molecular flexibility index (Phi) is 5.78. The topological polar surface area (TPSA) is 35.2 Å². The van der Waals surface area contributed by atoms with Crippen LogP contribution in [0.15, 0.2) is 60.7 Å². The molecule has 0 bridgehead atoms. The molecule has 2 rings (SSSR count). The minimum Gasteiger partial charge on any atom is -0.380 e. The molecule has 2 nitrogen and oxygen atoms in total. The molecule has 2 heteroatoms. The number of nitrogens with two attached hydrogens (primary N) is 1. The molecule has 0 aromatic heterocycles. The van der Waals surface area contributed by atoms with Gasteiger partial charge in [-0.15, -0.1) is 0 Å². The molecule has 1 atom stereocenters. The highest BCUT2D eigenvalue weighted by atomic mass is 16.5. The molecule has 0 heterocycles. The summed E-state index contributed by atoms with van der Waals surface area (Å²) < 4.78 is 5.64. The monoisotopic (exact) mass is 269 g/mol. The van der Waals surface area contributed by atoms with Gasteiger partial charge in [-0.25, -0.2) is 0 Å². The van der Waals surface area contributed by atoms with E-state index in [1.54, 1.807) is 0 Å². The van der Waals surface area contributed by atoms with E-state index in [1.165, 1.54) is 11.1 Å². The van der Waals surface area contributed by atoms with E-state index in [4.69, 9.17) is 10.5 Å². The van der Waals surface area contributed by atoms with Crippen molar-refractivity contribution in [3.8, 4) is 0 Å². The van der Waals surface area contributed by atoms with Gasteiger partial charge in [0.05, 0.1) is 6.61 Å². The van der Waals surface area contributed by atoms with E-state index >= 15 is 0 Å². The van der Waals surface area contributed by atoms with Gasteiger partial charge < -0.3 is 10.5 Å². The molecule has 0 amide bonds. The molecular weight excluding hydrogens is 246 g/mol. The van der Waals surface area contributed by atoms with Crippen molar-refractivity contribution < 1.29 is 4.74 Å². The summed E-state index contributed by atoms with van der Waals surface area (Å²) in [5.74, 6) is 0.175. The fourth-order valence-corrected chi connectivity index (χ4v) is 2.47. The standard InChI is InChI=1S/C18H23NO/c1-2-13-20-14-17(19)18(15-9-5-3-6-10-15)16-11-7-4-8-12-16/h3-12,17-18H,2,13-14,19H2,1H3. The molecule has 2 aromatic carbocycles. The van der Waals surface area contributed by atoms with Gasteiger partial charge in [-0.1, -0.05) is 67.6 Å². The van der Waals surface area contributed by atoms with E-state index in [9.17, 15) is 0 Å². The molecule has 0 aliphatic heterocycles. The maximum atomic E-state index is 6.40. The zero-order valence-corrected chi connectivity index (χ0v) is 12.0. The average Bonchev–Trinajstić information content (AvgIpc) is 2.50. The molecule has 1 unspecified atom stereocenters. The highest BCUT2D eigenvalue weighted by molar-refractivity contribution is 5.34. The quantitative estimate of drug-likeness (QED) is 0.780. The molecule has 106 valence electrons. The maximum Gasteiger partial charge on any atom is 0.0626 e. The second-order valence-electron chi connectivity index (χ2n) is 5.04. The van der Waals surface area contributed by atoms with Crippen molar-refractivity contribution in [2.45, 2.75) is 25.3 Å². The third-order valence-electron chi connectivity index (χ3n) is 3.40. The summed E-state index contributed by atoms with van der Waals surface area (Å²) in [6, 6.07) is 20.8. The fourth-order valence-electron chi connectivity index (χ4n) is 2.47. The lowest BCUT2D eigenvalue weighted by molar-refractivity contribution is 0.117. The van der Waals surface area contributed by atoms with Gasteiger partial charge in [-0.3, -0.25) is 0 Å². The van der Waals surface area contributed by atoms with Crippen molar-refractivity contribution in [2.75, 3.05) is 13.2 Å². The molecule has 0 saturated carbocycles. The molecule has 2 aromatic rings. The molecule has 2 N–H and O–H groups in total. The summed E-state index contributed by atoms with van der Waals surface area (Å²) in [6.07, 6.45) is 1.02. The van der Waals surface area contributed by atoms with Gasteiger partial charge in [0.1, 0.15) is 0 Å². The van der Waals surface area contributed by atoms with Crippen molar-refractivity contribution in [2.24, 2.45) is 5.73 Å². The van der Waals surface area contributed by atoms with Crippen LogP contribution in [0, 0.1) is 0 Å². The van der Waals surface area contributed by atoms with Crippen LogP contribution in [0.2, 0.25) is 0 Å². The number of benzene rings is 2. The predicted octanol–water partition coefficient (Wildman–Crippen LogP) is 3.57. The molecule has 0 spiro atoms. The average molecular weight is 269 g/mol. The van der Waals surface area contributed by atoms with Gasteiger partial charge in [0.15, 0.2) is 0 Å². The predicted molar refractivity (Wildman–Crippen MR) is 83.8 cm³/mol. The molecule has 0 fully saturated rings. The zero-order valence-electron chi connectivity index (χ0n) is 12.0. The molecule has 0 aliphatic carbocycles. The Morgan fingerprint density at radius 2 is 1.40 bits per heavy atom. The summed E-state index contributed by atoms with van der Waals surface area (Å²) in [5, 5.41) is 0. The third kappa shape index (κ3) is 3.92. The summed E-state index contributed by atoms with van der Waals surface area (Å²) >= 11 is 0. The third-order valence-corrected chi connectivity index (χ3v) is 3.40. The highest BCUT2D eigenvalue weighted by Crippen LogP contribution is 2.27. The smallest absolute Gasteiger partial charge is 0.0626 e. The van der Waals surface area contributed by atoms with Crippen LogP contribution in [0.25, 0.3) is 0 Å². The first-order chi connectivity index (χ1) is 9.83. The lowest BCUT2D eigenvalue weighted by Crippen LogP contribution is -2.34. The van der Waals surface area contributed by atoms with Crippen LogP contribution in [-0.4, -0.2) is 19.3 Å². The molecule has 0 saturated heterocycles.